The van der Waals surface area contributed by atoms with E-state index in [9.17, 15) is 9.59 Å². The van der Waals surface area contributed by atoms with Gasteiger partial charge in [-0.1, -0.05) is 6.42 Å². The first-order valence-electron chi connectivity index (χ1n) is 7.41. The summed E-state index contributed by atoms with van der Waals surface area (Å²) in [6.45, 7) is 4.56. The van der Waals surface area contributed by atoms with E-state index in [1.807, 2.05) is 11.8 Å². The molecule has 108 valence electrons. The van der Waals surface area contributed by atoms with E-state index < -0.39 is 0 Å². The molecule has 0 radical (unpaired) electrons. The van der Waals surface area contributed by atoms with Crippen LogP contribution in [-0.2, 0) is 14.3 Å². The molecule has 5 nitrogen and oxygen atoms in total. The lowest BCUT2D eigenvalue weighted by Gasteiger charge is -2.34. The Morgan fingerprint density at radius 1 is 1.21 bits per heavy atom. The summed E-state index contributed by atoms with van der Waals surface area (Å²) in [4.78, 5) is 25.8. The van der Waals surface area contributed by atoms with Crippen LogP contribution in [0.15, 0.2) is 0 Å². The first-order valence-corrected chi connectivity index (χ1v) is 7.41. The number of nitrogens with zero attached hydrogens (tertiary/aromatic N) is 1. The Kier molecular flexibility index (Phi) is 5.19. The van der Waals surface area contributed by atoms with Gasteiger partial charge in [0.25, 0.3) is 0 Å². The molecule has 2 saturated heterocycles. The van der Waals surface area contributed by atoms with Crippen LogP contribution in [0.25, 0.3) is 0 Å². The van der Waals surface area contributed by atoms with E-state index in [1.54, 1.807) is 0 Å². The van der Waals surface area contributed by atoms with Gasteiger partial charge in [-0.2, -0.15) is 0 Å². The minimum absolute atomic E-state index is 0.00658. The predicted octanol–water partition coefficient (Wildman–Crippen LogP) is 0.930. The van der Waals surface area contributed by atoms with E-state index in [4.69, 9.17) is 4.74 Å². The Morgan fingerprint density at radius 2 is 1.95 bits per heavy atom. The van der Waals surface area contributed by atoms with Crippen molar-refractivity contribution in [3.63, 3.8) is 0 Å². The third-order valence-corrected chi connectivity index (χ3v) is 4.03. The molecule has 0 spiro atoms. The average Bonchev–Trinajstić information content (AvgIpc) is 2.48. The van der Waals surface area contributed by atoms with Gasteiger partial charge in [0.2, 0.25) is 5.91 Å². The van der Waals surface area contributed by atoms with Crippen LogP contribution < -0.4 is 5.32 Å². The maximum Gasteiger partial charge on any atom is 0.309 e. The Hall–Kier alpha value is -1.10. The lowest BCUT2D eigenvalue weighted by Crippen LogP contribution is -2.51. The minimum Gasteiger partial charge on any atom is -0.466 e. The number of hydrogen-bond acceptors (Lipinski definition) is 4. The summed E-state index contributed by atoms with van der Waals surface area (Å²) in [5.74, 6) is 0.0794. The molecular formula is C14H24N2O3. The van der Waals surface area contributed by atoms with Gasteiger partial charge in [-0.15, -0.1) is 0 Å². The monoisotopic (exact) mass is 268 g/mol. The van der Waals surface area contributed by atoms with Gasteiger partial charge in [0, 0.05) is 13.1 Å². The molecule has 1 N–H and O–H groups in total. The van der Waals surface area contributed by atoms with Crippen molar-refractivity contribution in [1.82, 2.24) is 10.2 Å². The van der Waals surface area contributed by atoms with Crippen LogP contribution in [-0.4, -0.2) is 49.1 Å². The number of rotatable bonds is 3. The second kappa shape index (κ2) is 6.89. The van der Waals surface area contributed by atoms with Gasteiger partial charge in [-0.3, -0.25) is 9.59 Å². The van der Waals surface area contributed by atoms with Crippen molar-refractivity contribution in [2.45, 2.75) is 45.1 Å². The van der Waals surface area contributed by atoms with Gasteiger partial charge in [0.15, 0.2) is 0 Å². The van der Waals surface area contributed by atoms with Crippen molar-refractivity contribution >= 4 is 11.9 Å². The van der Waals surface area contributed by atoms with Crippen molar-refractivity contribution in [1.29, 1.82) is 0 Å². The fourth-order valence-electron chi connectivity index (χ4n) is 2.88. The molecule has 2 rings (SSSR count). The molecule has 0 bridgehead atoms. The molecule has 5 heteroatoms. The zero-order chi connectivity index (χ0) is 13.7. The molecule has 2 fully saturated rings. The summed E-state index contributed by atoms with van der Waals surface area (Å²) in [6.07, 6.45) is 4.70. The zero-order valence-corrected chi connectivity index (χ0v) is 11.7. The third kappa shape index (κ3) is 3.69. The molecule has 0 aromatic rings. The highest BCUT2D eigenvalue weighted by atomic mass is 16.5. The Bertz CT molecular complexity index is 319. The number of esters is 1. The van der Waals surface area contributed by atoms with E-state index in [2.05, 4.69) is 5.32 Å². The van der Waals surface area contributed by atoms with Crippen molar-refractivity contribution in [2.75, 3.05) is 26.2 Å². The number of carbonyl (C=O) groups excluding carboxylic acids is 2. The SMILES string of the molecule is CCOC(=O)C1CCN(C(=O)[C@@H]2CCCCN2)CC1. The summed E-state index contributed by atoms with van der Waals surface area (Å²) < 4.78 is 5.04. The van der Waals surface area contributed by atoms with Crippen LogP contribution in [0, 0.1) is 5.92 Å². The highest BCUT2D eigenvalue weighted by molar-refractivity contribution is 5.82. The molecule has 0 aromatic heterocycles. The Balaban J connectivity index is 1.79. The van der Waals surface area contributed by atoms with E-state index >= 15 is 0 Å². The van der Waals surface area contributed by atoms with Gasteiger partial charge in [-0.25, -0.2) is 0 Å². The number of likely N-dealkylation sites (tertiary alicyclic amines) is 1. The lowest BCUT2D eigenvalue weighted by molar-refractivity contribution is -0.151. The average molecular weight is 268 g/mol. The van der Waals surface area contributed by atoms with Crippen molar-refractivity contribution in [3.8, 4) is 0 Å². The highest BCUT2D eigenvalue weighted by Gasteiger charge is 2.31. The summed E-state index contributed by atoms with van der Waals surface area (Å²) in [5, 5.41) is 3.29. The number of carbonyl (C=O) groups is 2. The summed E-state index contributed by atoms with van der Waals surface area (Å²) >= 11 is 0. The van der Waals surface area contributed by atoms with Gasteiger partial charge >= 0.3 is 5.97 Å². The smallest absolute Gasteiger partial charge is 0.309 e. The van der Waals surface area contributed by atoms with Crippen molar-refractivity contribution in [2.24, 2.45) is 5.92 Å². The molecule has 0 unspecified atom stereocenters. The molecule has 0 aromatic carbocycles. The predicted molar refractivity (Wildman–Crippen MR) is 71.6 cm³/mol. The second-order valence-electron chi connectivity index (χ2n) is 5.35. The third-order valence-electron chi connectivity index (χ3n) is 4.03. The molecule has 19 heavy (non-hydrogen) atoms. The highest BCUT2D eigenvalue weighted by Crippen LogP contribution is 2.20. The Morgan fingerprint density at radius 3 is 2.53 bits per heavy atom. The summed E-state index contributed by atoms with van der Waals surface area (Å²) in [5.41, 5.74) is 0. The topological polar surface area (TPSA) is 58.6 Å². The molecule has 2 heterocycles. The van der Waals surface area contributed by atoms with Gasteiger partial charge < -0.3 is 15.0 Å². The zero-order valence-electron chi connectivity index (χ0n) is 11.7. The van der Waals surface area contributed by atoms with E-state index in [1.165, 1.54) is 0 Å². The van der Waals surface area contributed by atoms with Crippen LogP contribution in [0.3, 0.4) is 0 Å². The van der Waals surface area contributed by atoms with Gasteiger partial charge in [-0.05, 0) is 39.2 Å². The first kappa shape index (κ1) is 14.3. The number of hydrogen-bond donors (Lipinski definition) is 1. The van der Waals surface area contributed by atoms with Crippen LogP contribution >= 0.6 is 0 Å². The minimum atomic E-state index is -0.106. The fraction of sp³-hybridized carbons (Fsp3) is 0.857. The number of nitrogens with one attached hydrogen (secondary N) is 1. The maximum absolute atomic E-state index is 12.3. The number of amides is 1. The number of ether oxygens (including phenoxy) is 1. The lowest BCUT2D eigenvalue weighted by atomic mass is 9.95. The molecule has 2 aliphatic rings. The normalized spacial score (nSPS) is 25.1. The van der Waals surface area contributed by atoms with Crippen LogP contribution in [0.5, 0.6) is 0 Å². The quantitative estimate of drug-likeness (QED) is 0.774. The van der Waals surface area contributed by atoms with Crippen molar-refractivity contribution < 1.29 is 14.3 Å². The Labute approximate surface area is 114 Å². The first-order chi connectivity index (χ1) is 9.22. The summed E-state index contributed by atoms with van der Waals surface area (Å²) in [6, 6.07) is -0.00658. The molecular weight excluding hydrogens is 244 g/mol. The van der Waals surface area contributed by atoms with Gasteiger partial charge in [0.05, 0.1) is 18.6 Å². The van der Waals surface area contributed by atoms with E-state index in [0.29, 0.717) is 19.7 Å². The molecule has 0 saturated carbocycles. The molecule has 0 aliphatic carbocycles. The van der Waals surface area contributed by atoms with Crippen LogP contribution in [0.2, 0.25) is 0 Å². The fourth-order valence-corrected chi connectivity index (χ4v) is 2.88. The molecule has 1 atom stereocenters. The molecule has 1 amide bonds. The number of piperidine rings is 2. The van der Waals surface area contributed by atoms with E-state index in [0.717, 1.165) is 38.6 Å². The van der Waals surface area contributed by atoms with Crippen molar-refractivity contribution in [3.05, 3.63) is 0 Å². The van der Waals surface area contributed by atoms with Crippen LogP contribution in [0.1, 0.15) is 39.0 Å². The maximum atomic E-state index is 12.3. The summed E-state index contributed by atoms with van der Waals surface area (Å²) in [7, 11) is 0. The largest absolute Gasteiger partial charge is 0.466 e. The second-order valence-corrected chi connectivity index (χ2v) is 5.35. The standard InChI is InChI=1S/C14H24N2O3/c1-2-19-14(18)11-6-9-16(10-7-11)13(17)12-5-3-4-8-15-12/h11-12,15H,2-10H2,1H3/t12-/m0/s1. The van der Waals surface area contributed by atoms with Crippen LogP contribution in [0.4, 0.5) is 0 Å². The van der Waals surface area contributed by atoms with E-state index in [-0.39, 0.29) is 23.8 Å². The molecule has 2 aliphatic heterocycles. The van der Waals surface area contributed by atoms with Gasteiger partial charge in [0.1, 0.15) is 0 Å².